The van der Waals surface area contributed by atoms with Crippen molar-refractivity contribution in [1.82, 2.24) is 0 Å². The molecule has 0 amide bonds. The van der Waals surface area contributed by atoms with Crippen molar-refractivity contribution in [1.29, 1.82) is 0 Å². The van der Waals surface area contributed by atoms with E-state index in [1.54, 1.807) is 0 Å². The normalized spacial score (nSPS) is 13.4. The molecular formula is C9H20O2. The van der Waals surface area contributed by atoms with Gasteiger partial charge in [0.1, 0.15) is 0 Å². The van der Waals surface area contributed by atoms with Gasteiger partial charge < -0.3 is 9.84 Å². The second-order valence-corrected chi connectivity index (χ2v) is 3.05. The Morgan fingerprint density at radius 1 is 1.45 bits per heavy atom. The van der Waals surface area contributed by atoms with E-state index in [9.17, 15) is 0 Å². The molecular weight excluding hydrogens is 140 g/mol. The Hall–Kier alpha value is -0.0800. The number of hydrogen-bond donors (Lipinski definition) is 1. The summed E-state index contributed by atoms with van der Waals surface area (Å²) in [6.45, 7) is 6.16. The van der Waals surface area contributed by atoms with Crippen LogP contribution in [0.4, 0.5) is 0 Å². The van der Waals surface area contributed by atoms with Crippen LogP contribution in [-0.2, 0) is 4.74 Å². The van der Waals surface area contributed by atoms with Crippen molar-refractivity contribution in [2.24, 2.45) is 5.92 Å². The van der Waals surface area contributed by atoms with Crippen molar-refractivity contribution in [2.75, 3.05) is 19.8 Å². The zero-order valence-electron chi connectivity index (χ0n) is 7.68. The Kier molecular flexibility index (Phi) is 7.96. The molecule has 0 aliphatic heterocycles. The number of hydrogen-bond acceptors (Lipinski definition) is 2. The Labute approximate surface area is 69.6 Å². The number of aliphatic hydroxyl groups excluding tert-OH is 1. The molecule has 11 heavy (non-hydrogen) atoms. The van der Waals surface area contributed by atoms with Crippen molar-refractivity contribution in [3.63, 3.8) is 0 Å². The molecule has 0 rings (SSSR count). The molecule has 0 aliphatic rings. The first-order valence-corrected chi connectivity index (χ1v) is 4.49. The number of aliphatic hydroxyl groups is 1. The fourth-order valence-corrected chi connectivity index (χ4v) is 1.03. The minimum Gasteiger partial charge on any atom is -0.396 e. The molecule has 1 N–H and O–H groups in total. The SMILES string of the molecule is CCCC(C)COCCCO. The van der Waals surface area contributed by atoms with E-state index in [-0.39, 0.29) is 6.61 Å². The van der Waals surface area contributed by atoms with Gasteiger partial charge in [-0.1, -0.05) is 20.3 Å². The van der Waals surface area contributed by atoms with Crippen LogP contribution in [0.3, 0.4) is 0 Å². The lowest BCUT2D eigenvalue weighted by Crippen LogP contribution is -2.07. The van der Waals surface area contributed by atoms with Gasteiger partial charge in [-0.15, -0.1) is 0 Å². The molecule has 0 spiro atoms. The topological polar surface area (TPSA) is 29.5 Å². The van der Waals surface area contributed by atoms with Crippen LogP contribution in [0.25, 0.3) is 0 Å². The molecule has 0 saturated heterocycles. The lowest BCUT2D eigenvalue weighted by Gasteiger charge is -2.09. The number of ether oxygens (including phenoxy) is 1. The van der Waals surface area contributed by atoms with Crippen LogP contribution >= 0.6 is 0 Å². The molecule has 0 bridgehead atoms. The van der Waals surface area contributed by atoms with Crippen molar-refractivity contribution >= 4 is 0 Å². The van der Waals surface area contributed by atoms with Gasteiger partial charge in [-0.25, -0.2) is 0 Å². The second kappa shape index (κ2) is 8.02. The van der Waals surface area contributed by atoms with Crippen molar-refractivity contribution in [2.45, 2.75) is 33.1 Å². The smallest absolute Gasteiger partial charge is 0.0491 e. The van der Waals surface area contributed by atoms with E-state index in [4.69, 9.17) is 9.84 Å². The summed E-state index contributed by atoms with van der Waals surface area (Å²) in [4.78, 5) is 0. The highest BCUT2D eigenvalue weighted by molar-refractivity contribution is 4.48. The van der Waals surface area contributed by atoms with Crippen LogP contribution < -0.4 is 0 Å². The Morgan fingerprint density at radius 3 is 2.73 bits per heavy atom. The van der Waals surface area contributed by atoms with Gasteiger partial charge in [0, 0.05) is 19.8 Å². The predicted octanol–water partition coefficient (Wildman–Crippen LogP) is 1.82. The fraction of sp³-hybridized carbons (Fsp3) is 1.00. The Morgan fingerprint density at radius 2 is 2.18 bits per heavy atom. The molecule has 0 radical (unpaired) electrons. The van der Waals surface area contributed by atoms with E-state index in [0.717, 1.165) is 13.0 Å². The molecule has 1 unspecified atom stereocenters. The third kappa shape index (κ3) is 7.82. The van der Waals surface area contributed by atoms with Crippen LogP contribution in [0.5, 0.6) is 0 Å². The summed E-state index contributed by atoms with van der Waals surface area (Å²) >= 11 is 0. The Bertz CT molecular complexity index is 74.0. The first-order valence-electron chi connectivity index (χ1n) is 4.49. The third-order valence-electron chi connectivity index (χ3n) is 1.63. The summed E-state index contributed by atoms with van der Waals surface area (Å²) in [6.07, 6.45) is 3.22. The van der Waals surface area contributed by atoms with Gasteiger partial charge >= 0.3 is 0 Å². The predicted molar refractivity (Wildman–Crippen MR) is 46.6 cm³/mol. The van der Waals surface area contributed by atoms with E-state index in [1.165, 1.54) is 12.8 Å². The summed E-state index contributed by atoms with van der Waals surface area (Å²) in [5.74, 6) is 0.665. The highest BCUT2D eigenvalue weighted by Gasteiger charge is 1.99. The quantitative estimate of drug-likeness (QED) is 0.576. The second-order valence-electron chi connectivity index (χ2n) is 3.05. The van der Waals surface area contributed by atoms with Crippen LogP contribution in [-0.4, -0.2) is 24.9 Å². The van der Waals surface area contributed by atoms with E-state index in [2.05, 4.69) is 13.8 Å². The summed E-state index contributed by atoms with van der Waals surface area (Å²) in [7, 11) is 0. The minimum absolute atomic E-state index is 0.238. The third-order valence-corrected chi connectivity index (χ3v) is 1.63. The maximum Gasteiger partial charge on any atom is 0.0491 e. The highest BCUT2D eigenvalue weighted by atomic mass is 16.5. The fourth-order valence-electron chi connectivity index (χ4n) is 1.03. The molecule has 2 nitrogen and oxygen atoms in total. The summed E-state index contributed by atoms with van der Waals surface area (Å²) in [5.41, 5.74) is 0. The van der Waals surface area contributed by atoms with Crippen molar-refractivity contribution < 1.29 is 9.84 Å². The van der Waals surface area contributed by atoms with E-state index in [0.29, 0.717) is 12.5 Å². The van der Waals surface area contributed by atoms with Gasteiger partial charge in [0.05, 0.1) is 0 Å². The molecule has 0 saturated carbocycles. The van der Waals surface area contributed by atoms with Gasteiger partial charge in [0.25, 0.3) is 0 Å². The van der Waals surface area contributed by atoms with Crippen LogP contribution in [0.15, 0.2) is 0 Å². The zero-order valence-corrected chi connectivity index (χ0v) is 7.68. The lowest BCUT2D eigenvalue weighted by molar-refractivity contribution is 0.0887. The van der Waals surface area contributed by atoms with Gasteiger partial charge in [-0.05, 0) is 18.8 Å². The number of rotatable bonds is 7. The molecule has 68 valence electrons. The average molecular weight is 160 g/mol. The van der Waals surface area contributed by atoms with Gasteiger partial charge in [0.2, 0.25) is 0 Å². The first-order chi connectivity index (χ1) is 5.31. The van der Waals surface area contributed by atoms with E-state index >= 15 is 0 Å². The lowest BCUT2D eigenvalue weighted by atomic mass is 10.1. The molecule has 0 fully saturated rings. The maximum absolute atomic E-state index is 8.45. The first kappa shape index (κ1) is 10.9. The van der Waals surface area contributed by atoms with Gasteiger partial charge in [0.15, 0.2) is 0 Å². The van der Waals surface area contributed by atoms with Crippen LogP contribution in [0.2, 0.25) is 0 Å². The van der Waals surface area contributed by atoms with Crippen molar-refractivity contribution in [3.8, 4) is 0 Å². The minimum atomic E-state index is 0.238. The van der Waals surface area contributed by atoms with Crippen LogP contribution in [0, 0.1) is 5.92 Å². The average Bonchev–Trinajstić information content (AvgIpc) is 1.99. The van der Waals surface area contributed by atoms with E-state index < -0.39 is 0 Å². The molecule has 0 aromatic rings. The molecule has 2 heteroatoms. The van der Waals surface area contributed by atoms with E-state index in [1.807, 2.05) is 0 Å². The maximum atomic E-state index is 8.45. The Balaban J connectivity index is 2.97. The summed E-state index contributed by atoms with van der Waals surface area (Å²) in [6, 6.07) is 0. The van der Waals surface area contributed by atoms with Gasteiger partial charge in [-0.2, -0.15) is 0 Å². The monoisotopic (exact) mass is 160 g/mol. The van der Waals surface area contributed by atoms with Crippen LogP contribution in [0.1, 0.15) is 33.1 Å². The zero-order chi connectivity index (χ0) is 8.53. The van der Waals surface area contributed by atoms with Crippen molar-refractivity contribution in [3.05, 3.63) is 0 Å². The molecule has 0 aromatic heterocycles. The summed E-state index contributed by atoms with van der Waals surface area (Å²) in [5, 5.41) is 8.45. The molecule has 0 aliphatic carbocycles. The van der Waals surface area contributed by atoms with Gasteiger partial charge in [-0.3, -0.25) is 0 Å². The molecule has 0 aromatic carbocycles. The largest absolute Gasteiger partial charge is 0.396 e. The molecule has 1 atom stereocenters. The standard InChI is InChI=1S/C9H20O2/c1-3-5-9(2)8-11-7-4-6-10/h9-10H,3-8H2,1-2H3. The molecule has 0 heterocycles. The highest BCUT2D eigenvalue weighted by Crippen LogP contribution is 2.04. The summed E-state index contributed by atoms with van der Waals surface area (Å²) < 4.78 is 5.33.